The van der Waals surface area contributed by atoms with Crippen molar-refractivity contribution in [3.63, 3.8) is 0 Å². The van der Waals surface area contributed by atoms with E-state index in [4.69, 9.17) is 0 Å². The van der Waals surface area contributed by atoms with Gasteiger partial charge in [0.2, 0.25) is 0 Å². The Labute approximate surface area is 177 Å². The minimum absolute atomic E-state index is 0.0151. The molecule has 0 fully saturated rings. The third kappa shape index (κ3) is 3.37. The zero-order valence-corrected chi connectivity index (χ0v) is 17.4. The minimum atomic E-state index is -0.0999. The summed E-state index contributed by atoms with van der Waals surface area (Å²) in [4.78, 5) is 13.8. The van der Waals surface area contributed by atoms with Gasteiger partial charge in [-0.15, -0.1) is 0 Å². The first-order chi connectivity index (χ1) is 14.6. The van der Waals surface area contributed by atoms with Crippen molar-refractivity contribution in [1.82, 2.24) is 0 Å². The number of aldehydes is 1. The van der Waals surface area contributed by atoms with Gasteiger partial charge in [-0.1, -0.05) is 30.3 Å². The summed E-state index contributed by atoms with van der Waals surface area (Å²) in [6.45, 7) is 6.13. The molecule has 154 valence electrons. The highest BCUT2D eigenvalue weighted by Gasteiger charge is 2.30. The third-order valence-corrected chi connectivity index (χ3v) is 6.21. The fourth-order valence-electron chi connectivity index (χ4n) is 4.66. The lowest BCUT2D eigenvalue weighted by Crippen LogP contribution is -2.23. The molecule has 3 aromatic rings. The third-order valence-electron chi connectivity index (χ3n) is 6.21. The van der Waals surface area contributed by atoms with E-state index in [1.807, 2.05) is 24.3 Å². The molecule has 2 N–H and O–H groups in total. The molecule has 4 rings (SSSR count). The van der Waals surface area contributed by atoms with Crippen LogP contribution >= 0.6 is 0 Å². The van der Waals surface area contributed by atoms with E-state index in [9.17, 15) is 15.0 Å². The number of aliphatic hydroxyl groups is 1. The lowest BCUT2D eigenvalue weighted by atomic mass is 9.73. The van der Waals surface area contributed by atoms with Gasteiger partial charge >= 0.3 is 0 Å². The van der Waals surface area contributed by atoms with Crippen LogP contribution in [0.2, 0.25) is 0 Å². The molecule has 0 heterocycles. The monoisotopic (exact) mass is 401 g/mol. The normalized spacial score (nSPS) is 14.7. The van der Waals surface area contributed by atoms with Crippen LogP contribution in [0, 0.1) is 0 Å². The molecule has 30 heavy (non-hydrogen) atoms. The second-order valence-electron chi connectivity index (χ2n) is 7.75. The van der Waals surface area contributed by atoms with E-state index in [1.54, 1.807) is 12.1 Å². The van der Waals surface area contributed by atoms with E-state index in [0.29, 0.717) is 18.3 Å². The molecule has 1 unspecified atom stereocenters. The van der Waals surface area contributed by atoms with E-state index in [2.05, 4.69) is 36.9 Å². The molecule has 0 aliphatic heterocycles. The molecule has 3 aromatic carbocycles. The quantitative estimate of drug-likeness (QED) is 0.463. The number of rotatable bonds is 6. The van der Waals surface area contributed by atoms with Gasteiger partial charge in [-0.25, -0.2) is 0 Å². The van der Waals surface area contributed by atoms with Crippen LogP contribution in [0.15, 0.2) is 54.6 Å². The van der Waals surface area contributed by atoms with Crippen molar-refractivity contribution in [2.75, 3.05) is 18.0 Å². The van der Waals surface area contributed by atoms with Gasteiger partial charge in [0.15, 0.2) is 6.29 Å². The molecule has 0 radical (unpaired) electrons. The molecule has 1 aliphatic rings. The Morgan fingerprint density at radius 3 is 2.40 bits per heavy atom. The van der Waals surface area contributed by atoms with Crippen molar-refractivity contribution in [2.45, 2.75) is 32.8 Å². The number of hydrogen-bond acceptors (Lipinski definition) is 4. The van der Waals surface area contributed by atoms with Crippen LogP contribution < -0.4 is 4.90 Å². The SMILES string of the molecule is CCN(CC)c1ccc2c(c1)Cc1cc(O)c(C=O)cc1C2c1ccccc1CO. The van der Waals surface area contributed by atoms with Gasteiger partial charge in [-0.3, -0.25) is 4.79 Å². The molecular formula is C26H27NO3. The Hall–Kier alpha value is -3.11. The molecule has 1 aliphatic carbocycles. The highest BCUT2D eigenvalue weighted by molar-refractivity contribution is 5.80. The Bertz CT molecular complexity index is 1090. The number of aromatic hydroxyl groups is 1. The fourth-order valence-corrected chi connectivity index (χ4v) is 4.66. The van der Waals surface area contributed by atoms with Crippen LogP contribution in [0.5, 0.6) is 5.75 Å². The summed E-state index contributed by atoms with van der Waals surface area (Å²) in [5.41, 5.74) is 7.80. The Morgan fingerprint density at radius 1 is 0.967 bits per heavy atom. The molecule has 0 aromatic heterocycles. The summed E-state index contributed by atoms with van der Waals surface area (Å²) in [5, 5.41) is 20.3. The molecule has 0 saturated heterocycles. The van der Waals surface area contributed by atoms with Gasteiger partial charge < -0.3 is 15.1 Å². The number of carbonyl (C=O) groups is 1. The highest BCUT2D eigenvalue weighted by atomic mass is 16.3. The van der Waals surface area contributed by atoms with E-state index in [1.165, 1.54) is 16.8 Å². The van der Waals surface area contributed by atoms with Crippen molar-refractivity contribution >= 4 is 12.0 Å². The predicted molar refractivity (Wildman–Crippen MR) is 120 cm³/mol. The number of carbonyl (C=O) groups excluding carboxylic acids is 1. The molecule has 0 spiro atoms. The van der Waals surface area contributed by atoms with Gasteiger partial charge in [0.05, 0.1) is 12.2 Å². The van der Waals surface area contributed by atoms with Crippen LogP contribution in [0.3, 0.4) is 0 Å². The Balaban J connectivity index is 1.95. The average Bonchev–Trinajstić information content (AvgIpc) is 2.77. The van der Waals surface area contributed by atoms with Crippen molar-refractivity contribution in [1.29, 1.82) is 0 Å². The first-order valence-corrected chi connectivity index (χ1v) is 10.5. The summed E-state index contributed by atoms with van der Waals surface area (Å²) in [7, 11) is 0. The summed E-state index contributed by atoms with van der Waals surface area (Å²) in [5.74, 6) is -0.0848. The van der Waals surface area contributed by atoms with Gasteiger partial charge in [-0.2, -0.15) is 0 Å². The molecule has 0 bridgehead atoms. The summed E-state index contributed by atoms with van der Waals surface area (Å²) < 4.78 is 0. The Kier molecular flexibility index (Phi) is 5.60. The summed E-state index contributed by atoms with van der Waals surface area (Å²) in [6, 6.07) is 18.0. The van der Waals surface area contributed by atoms with Gasteiger partial charge in [-0.05, 0) is 77.9 Å². The average molecular weight is 402 g/mol. The number of phenols is 1. The zero-order valence-electron chi connectivity index (χ0n) is 17.4. The van der Waals surface area contributed by atoms with Crippen molar-refractivity contribution in [3.8, 4) is 5.75 Å². The molecule has 4 heteroatoms. The standard InChI is InChI=1S/C26H27NO3/c1-3-27(4-2)21-9-10-23-18(12-21)11-19-14-25(30)20(16-29)13-24(19)26(23)22-8-6-5-7-17(22)15-28/h5-10,12-14,16,26,28,30H,3-4,11,15H2,1-2H3. The van der Waals surface area contributed by atoms with Crippen LogP contribution in [0.4, 0.5) is 5.69 Å². The second-order valence-corrected chi connectivity index (χ2v) is 7.75. The fraction of sp³-hybridized carbons (Fsp3) is 0.269. The Morgan fingerprint density at radius 2 is 1.70 bits per heavy atom. The van der Waals surface area contributed by atoms with Crippen LogP contribution in [-0.4, -0.2) is 29.6 Å². The largest absolute Gasteiger partial charge is 0.507 e. The molecule has 0 saturated carbocycles. The molecule has 0 amide bonds. The van der Waals surface area contributed by atoms with Crippen LogP contribution in [0.1, 0.15) is 63.5 Å². The number of aliphatic hydroxyl groups excluding tert-OH is 1. The maximum Gasteiger partial charge on any atom is 0.153 e. The molecule has 1 atom stereocenters. The first-order valence-electron chi connectivity index (χ1n) is 10.5. The zero-order chi connectivity index (χ0) is 21.3. The summed E-state index contributed by atoms with van der Waals surface area (Å²) >= 11 is 0. The number of benzene rings is 3. The number of fused-ring (bicyclic) bond motifs is 2. The van der Waals surface area contributed by atoms with Crippen molar-refractivity contribution < 1.29 is 15.0 Å². The molecule has 4 nitrogen and oxygen atoms in total. The number of anilines is 1. The van der Waals surface area contributed by atoms with E-state index in [0.717, 1.165) is 35.3 Å². The topological polar surface area (TPSA) is 60.8 Å². The first kappa shape index (κ1) is 20.2. The second kappa shape index (κ2) is 8.33. The van der Waals surface area contributed by atoms with E-state index >= 15 is 0 Å². The summed E-state index contributed by atoms with van der Waals surface area (Å²) in [6.07, 6.45) is 1.40. The highest BCUT2D eigenvalue weighted by Crippen LogP contribution is 2.44. The van der Waals surface area contributed by atoms with Crippen LogP contribution in [0.25, 0.3) is 0 Å². The predicted octanol–water partition coefficient (Wildman–Crippen LogP) is 4.63. The van der Waals surface area contributed by atoms with Crippen molar-refractivity contribution in [3.05, 3.63) is 93.5 Å². The number of hydrogen-bond donors (Lipinski definition) is 2. The number of phenolic OH excluding ortho intramolecular Hbond substituents is 1. The maximum absolute atomic E-state index is 11.5. The van der Waals surface area contributed by atoms with Gasteiger partial charge in [0.1, 0.15) is 5.75 Å². The lowest BCUT2D eigenvalue weighted by molar-refractivity contribution is 0.112. The molecular weight excluding hydrogens is 374 g/mol. The van der Waals surface area contributed by atoms with Crippen molar-refractivity contribution in [2.24, 2.45) is 0 Å². The smallest absolute Gasteiger partial charge is 0.153 e. The maximum atomic E-state index is 11.5. The lowest BCUT2D eigenvalue weighted by Gasteiger charge is -2.32. The van der Waals surface area contributed by atoms with Gasteiger partial charge in [0.25, 0.3) is 0 Å². The van der Waals surface area contributed by atoms with E-state index < -0.39 is 0 Å². The van der Waals surface area contributed by atoms with E-state index in [-0.39, 0.29) is 18.3 Å². The van der Waals surface area contributed by atoms with Gasteiger partial charge in [0, 0.05) is 24.7 Å². The minimum Gasteiger partial charge on any atom is -0.507 e. The number of nitrogens with zero attached hydrogens (tertiary/aromatic N) is 1. The van der Waals surface area contributed by atoms with Crippen LogP contribution in [-0.2, 0) is 13.0 Å².